The fourth-order valence-electron chi connectivity index (χ4n) is 1.52. The molecule has 0 saturated heterocycles. The van der Waals surface area contributed by atoms with Gasteiger partial charge in [0.15, 0.2) is 0 Å². The van der Waals surface area contributed by atoms with Crippen LogP contribution < -0.4 is 0 Å². The van der Waals surface area contributed by atoms with Crippen LogP contribution in [0.15, 0.2) is 12.3 Å². The van der Waals surface area contributed by atoms with Crippen molar-refractivity contribution in [1.82, 2.24) is 14.8 Å². The molecule has 84 valence electrons. The van der Waals surface area contributed by atoms with Crippen molar-refractivity contribution in [2.45, 2.75) is 6.92 Å². The molecule has 0 aliphatic carbocycles. The number of aryl methyl sites for hydroxylation is 1. The molecule has 0 N–H and O–H groups in total. The van der Waals surface area contributed by atoms with Crippen molar-refractivity contribution in [3.05, 3.63) is 23.0 Å². The normalized spacial score (nSPS) is 10.7. The fraction of sp³-hybridized carbons (Fsp3) is 0.300. The van der Waals surface area contributed by atoms with Gasteiger partial charge in [-0.15, -0.1) is 0 Å². The Kier molecular flexibility index (Phi) is 2.78. The lowest BCUT2D eigenvalue weighted by Gasteiger charge is -2.04. The number of ether oxygens (including phenoxy) is 1. The molecule has 0 atom stereocenters. The smallest absolute Gasteiger partial charge is 0.340 e. The van der Waals surface area contributed by atoms with Crippen LogP contribution >= 0.6 is 11.6 Å². The molecule has 0 amide bonds. The summed E-state index contributed by atoms with van der Waals surface area (Å²) in [6, 6.07) is 1.49. The van der Waals surface area contributed by atoms with Crippen LogP contribution in [0.4, 0.5) is 0 Å². The number of esters is 1. The van der Waals surface area contributed by atoms with E-state index in [1.54, 1.807) is 24.9 Å². The third kappa shape index (κ3) is 1.74. The molecular formula is C10H10ClN3O2. The lowest BCUT2D eigenvalue weighted by molar-refractivity contribution is 0.0528. The Hall–Kier alpha value is -1.62. The first-order chi connectivity index (χ1) is 7.63. The number of fused-ring (bicyclic) bond motifs is 1. The number of hydrogen-bond donors (Lipinski definition) is 0. The minimum Gasteiger partial charge on any atom is -0.462 e. The van der Waals surface area contributed by atoms with Crippen LogP contribution in [0.5, 0.6) is 0 Å². The van der Waals surface area contributed by atoms with Gasteiger partial charge in [0.25, 0.3) is 0 Å². The van der Waals surface area contributed by atoms with Gasteiger partial charge in [0, 0.05) is 7.05 Å². The number of carbonyl (C=O) groups excluding carboxylic acids is 1. The first-order valence-electron chi connectivity index (χ1n) is 4.79. The first kappa shape index (κ1) is 10.9. The van der Waals surface area contributed by atoms with Crippen molar-refractivity contribution in [2.75, 3.05) is 6.61 Å². The van der Waals surface area contributed by atoms with Crippen molar-refractivity contribution >= 4 is 28.6 Å². The summed E-state index contributed by atoms with van der Waals surface area (Å²) < 4.78 is 6.52. The molecule has 2 heterocycles. The molecule has 16 heavy (non-hydrogen) atoms. The van der Waals surface area contributed by atoms with E-state index in [0.29, 0.717) is 23.2 Å². The molecule has 2 aromatic rings. The number of pyridine rings is 1. The number of hydrogen-bond acceptors (Lipinski definition) is 4. The number of nitrogens with zero attached hydrogens (tertiary/aromatic N) is 3. The summed E-state index contributed by atoms with van der Waals surface area (Å²) in [5.41, 5.74) is 1.60. The van der Waals surface area contributed by atoms with Gasteiger partial charge in [0.05, 0.1) is 18.4 Å². The second kappa shape index (κ2) is 4.09. The largest absolute Gasteiger partial charge is 0.462 e. The van der Waals surface area contributed by atoms with Crippen molar-refractivity contribution in [3.63, 3.8) is 0 Å². The van der Waals surface area contributed by atoms with E-state index in [2.05, 4.69) is 10.1 Å². The van der Waals surface area contributed by atoms with Crippen molar-refractivity contribution in [1.29, 1.82) is 0 Å². The van der Waals surface area contributed by atoms with Crippen LogP contribution in [0.25, 0.3) is 11.0 Å². The van der Waals surface area contributed by atoms with Crippen LogP contribution in [0.1, 0.15) is 17.3 Å². The molecule has 0 bridgehead atoms. The fourth-order valence-corrected chi connectivity index (χ4v) is 1.72. The highest BCUT2D eigenvalue weighted by atomic mass is 35.5. The van der Waals surface area contributed by atoms with Crippen LogP contribution in [-0.4, -0.2) is 27.3 Å². The van der Waals surface area contributed by atoms with Gasteiger partial charge in [-0.25, -0.2) is 9.78 Å². The van der Waals surface area contributed by atoms with Crippen LogP contribution in [0.3, 0.4) is 0 Å². The predicted octanol–water partition coefficient (Wildman–Crippen LogP) is 1.80. The standard InChI is InChI=1S/C10H10ClN3O2/c1-3-16-10(15)6-4-8(11)13-7-5-12-14(2)9(6)7/h4-5H,3H2,1-2H3. The van der Waals surface area contributed by atoms with E-state index in [-0.39, 0.29) is 5.15 Å². The van der Waals surface area contributed by atoms with Crippen LogP contribution in [0, 0.1) is 0 Å². The van der Waals surface area contributed by atoms with Gasteiger partial charge in [-0.2, -0.15) is 5.10 Å². The molecule has 0 fully saturated rings. The number of rotatable bonds is 2. The molecule has 0 aliphatic rings. The van der Waals surface area contributed by atoms with E-state index < -0.39 is 5.97 Å². The molecule has 0 aromatic carbocycles. The first-order valence-corrected chi connectivity index (χ1v) is 5.16. The van der Waals surface area contributed by atoms with Crippen molar-refractivity contribution in [3.8, 4) is 0 Å². The van der Waals surface area contributed by atoms with Crippen molar-refractivity contribution in [2.24, 2.45) is 7.05 Å². The lowest BCUT2D eigenvalue weighted by Crippen LogP contribution is -2.07. The van der Waals surface area contributed by atoms with E-state index in [1.807, 2.05) is 0 Å². The maximum absolute atomic E-state index is 11.7. The monoisotopic (exact) mass is 239 g/mol. The molecule has 0 radical (unpaired) electrons. The predicted molar refractivity (Wildman–Crippen MR) is 59.5 cm³/mol. The summed E-state index contributed by atoms with van der Waals surface area (Å²) in [5.74, 6) is -0.416. The average Bonchev–Trinajstić information content (AvgIpc) is 2.59. The van der Waals surface area contributed by atoms with E-state index in [9.17, 15) is 4.79 Å². The summed E-state index contributed by atoms with van der Waals surface area (Å²) in [7, 11) is 1.74. The van der Waals surface area contributed by atoms with E-state index >= 15 is 0 Å². The second-order valence-electron chi connectivity index (χ2n) is 3.22. The van der Waals surface area contributed by atoms with Gasteiger partial charge >= 0.3 is 5.97 Å². The molecule has 6 heteroatoms. The zero-order chi connectivity index (χ0) is 11.7. The van der Waals surface area contributed by atoms with E-state index in [1.165, 1.54) is 6.07 Å². The minimum absolute atomic E-state index is 0.253. The second-order valence-corrected chi connectivity index (χ2v) is 3.60. The average molecular weight is 240 g/mol. The van der Waals surface area contributed by atoms with Gasteiger partial charge in [-0.05, 0) is 13.0 Å². The maximum atomic E-state index is 11.7. The van der Waals surface area contributed by atoms with Gasteiger partial charge < -0.3 is 4.74 Å². The molecule has 0 unspecified atom stereocenters. The van der Waals surface area contributed by atoms with Gasteiger partial charge in [-0.3, -0.25) is 4.68 Å². The van der Waals surface area contributed by atoms with Crippen LogP contribution in [-0.2, 0) is 11.8 Å². The Bertz CT molecular complexity index is 550. The molecule has 0 spiro atoms. The van der Waals surface area contributed by atoms with Crippen molar-refractivity contribution < 1.29 is 9.53 Å². The molecule has 2 aromatic heterocycles. The topological polar surface area (TPSA) is 57.0 Å². The summed E-state index contributed by atoms with van der Waals surface area (Å²) >= 11 is 5.82. The number of carbonyl (C=O) groups is 1. The zero-order valence-electron chi connectivity index (χ0n) is 8.90. The summed E-state index contributed by atoms with van der Waals surface area (Å²) in [6.45, 7) is 2.07. The van der Waals surface area contributed by atoms with Gasteiger partial charge in [0.2, 0.25) is 0 Å². The summed E-state index contributed by atoms with van der Waals surface area (Å²) in [4.78, 5) is 15.8. The number of halogens is 1. The van der Waals surface area contributed by atoms with Gasteiger partial charge in [-0.1, -0.05) is 11.6 Å². The van der Waals surface area contributed by atoms with Crippen LogP contribution in [0.2, 0.25) is 5.15 Å². The molecule has 0 saturated carbocycles. The molecule has 0 aliphatic heterocycles. The highest BCUT2D eigenvalue weighted by Crippen LogP contribution is 2.20. The summed E-state index contributed by atoms with van der Waals surface area (Å²) in [6.07, 6.45) is 1.56. The van der Waals surface area contributed by atoms with Gasteiger partial charge in [0.1, 0.15) is 16.2 Å². The maximum Gasteiger partial charge on any atom is 0.340 e. The number of aromatic nitrogens is 3. The zero-order valence-corrected chi connectivity index (χ0v) is 9.65. The lowest BCUT2D eigenvalue weighted by atomic mass is 10.2. The highest BCUT2D eigenvalue weighted by Gasteiger charge is 2.16. The Balaban J connectivity index is 2.66. The summed E-state index contributed by atoms with van der Waals surface area (Å²) in [5, 5.41) is 4.28. The molecular weight excluding hydrogens is 230 g/mol. The SMILES string of the molecule is CCOC(=O)c1cc(Cl)nc2cnn(C)c12. The third-order valence-corrected chi connectivity index (χ3v) is 2.35. The van der Waals surface area contributed by atoms with E-state index in [4.69, 9.17) is 16.3 Å². The Labute approximate surface area is 97.0 Å². The van der Waals surface area contributed by atoms with E-state index in [0.717, 1.165) is 0 Å². The minimum atomic E-state index is -0.416. The quantitative estimate of drug-likeness (QED) is 0.592. The molecule has 2 rings (SSSR count). The Morgan fingerprint density at radius 2 is 2.38 bits per heavy atom. The Morgan fingerprint density at radius 1 is 1.62 bits per heavy atom. The highest BCUT2D eigenvalue weighted by molar-refractivity contribution is 6.30. The Morgan fingerprint density at radius 3 is 3.06 bits per heavy atom. The third-order valence-electron chi connectivity index (χ3n) is 2.16. The molecule has 5 nitrogen and oxygen atoms in total.